The molecular formula is C19H21O3. The second kappa shape index (κ2) is 5.75. The van der Waals surface area contributed by atoms with E-state index in [9.17, 15) is 0 Å². The van der Waals surface area contributed by atoms with Crippen LogP contribution in [0.25, 0.3) is 0 Å². The lowest BCUT2D eigenvalue weighted by atomic mass is 9.90. The maximum absolute atomic E-state index is 6.23. The molecular weight excluding hydrogens is 276 g/mol. The highest BCUT2D eigenvalue weighted by Crippen LogP contribution is 2.41. The Bertz CT molecular complexity index is 607. The van der Waals surface area contributed by atoms with E-state index in [0.717, 1.165) is 16.9 Å². The summed E-state index contributed by atoms with van der Waals surface area (Å²) in [6.07, 6.45) is 0. The predicted molar refractivity (Wildman–Crippen MR) is 84.7 cm³/mol. The molecule has 0 N–H and O–H groups in total. The first-order valence-corrected chi connectivity index (χ1v) is 7.45. The molecule has 2 aromatic carbocycles. The Morgan fingerprint density at radius 2 is 1.68 bits per heavy atom. The quantitative estimate of drug-likeness (QED) is 0.863. The van der Waals surface area contributed by atoms with Crippen molar-refractivity contribution < 1.29 is 14.2 Å². The molecule has 1 aliphatic heterocycles. The zero-order valence-corrected chi connectivity index (χ0v) is 13.3. The van der Waals surface area contributed by atoms with Gasteiger partial charge in [-0.15, -0.1) is 0 Å². The van der Waals surface area contributed by atoms with Crippen molar-refractivity contribution in [2.45, 2.75) is 19.6 Å². The van der Waals surface area contributed by atoms with E-state index in [1.165, 1.54) is 0 Å². The van der Waals surface area contributed by atoms with Crippen LogP contribution in [-0.4, -0.2) is 20.3 Å². The highest BCUT2D eigenvalue weighted by Gasteiger charge is 2.43. The molecule has 1 aliphatic rings. The van der Waals surface area contributed by atoms with Crippen LogP contribution in [0, 0.1) is 11.5 Å². The fraction of sp³-hybridized carbons (Fsp3) is 0.368. The molecule has 0 unspecified atom stereocenters. The molecule has 3 nitrogen and oxygen atoms in total. The van der Waals surface area contributed by atoms with E-state index in [0.29, 0.717) is 13.2 Å². The van der Waals surface area contributed by atoms with Gasteiger partial charge >= 0.3 is 0 Å². The SMILES string of the molecule is COc1ccc(C2(c3[c]cccc3)OCC(C)(C)CO2)cc1. The molecule has 0 aromatic heterocycles. The molecule has 1 fully saturated rings. The Morgan fingerprint density at radius 3 is 2.23 bits per heavy atom. The van der Waals surface area contributed by atoms with Gasteiger partial charge in [0.2, 0.25) is 5.79 Å². The Labute approximate surface area is 131 Å². The molecule has 1 saturated heterocycles. The maximum Gasteiger partial charge on any atom is 0.222 e. The van der Waals surface area contributed by atoms with Crippen LogP contribution in [0.5, 0.6) is 5.75 Å². The number of rotatable bonds is 3. The fourth-order valence-corrected chi connectivity index (χ4v) is 2.56. The number of hydrogen-bond acceptors (Lipinski definition) is 3. The summed E-state index contributed by atoms with van der Waals surface area (Å²) < 4.78 is 17.7. The molecule has 0 aliphatic carbocycles. The molecule has 0 amide bonds. The average molecular weight is 297 g/mol. The summed E-state index contributed by atoms with van der Waals surface area (Å²) in [5.41, 5.74) is 1.84. The van der Waals surface area contributed by atoms with Crippen LogP contribution in [-0.2, 0) is 15.3 Å². The van der Waals surface area contributed by atoms with Crippen molar-refractivity contribution >= 4 is 0 Å². The Morgan fingerprint density at radius 1 is 1.00 bits per heavy atom. The molecule has 0 bridgehead atoms. The maximum atomic E-state index is 6.23. The molecule has 0 atom stereocenters. The number of hydrogen-bond donors (Lipinski definition) is 0. The molecule has 3 rings (SSSR count). The highest BCUT2D eigenvalue weighted by atomic mass is 16.7. The third-order valence-corrected chi connectivity index (χ3v) is 3.87. The Kier molecular flexibility index (Phi) is 3.94. The summed E-state index contributed by atoms with van der Waals surface area (Å²) in [6, 6.07) is 18.9. The summed E-state index contributed by atoms with van der Waals surface area (Å²) in [4.78, 5) is 0. The van der Waals surface area contributed by atoms with Crippen LogP contribution >= 0.6 is 0 Å². The average Bonchev–Trinajstić information content (AvgIpc) is 2.56. The van der Waals surface area contributed by atoms with Gasteiger partial charge in [0.15, 0.2) is 0 Å². The predicted octanol–water partition coefficient (Wildman–Crippen LogP) is 3.77. The largest absolute Gasteiger partial charge is 0.497 e. The van der Waals surface area contributed by atoms with Crippen LogP contribution < -0.4 is 4.74 Å². The lowest BCUT2D eigenvalue weighted by Crippen LogP contribution is -2.46. The summed E-state index contributed by atoms with van der Waals surface area (Å²) in [7, 11) is 1.66. The summed E-state index contributed by atoms with van der Waals surface area (Å²) in [5.74, 6) is -0.0876. The minimum atomic E-state index is -0.900. The summed E-state index contributed by atoms with van der Waals surface area (Å²) >= 11 is 0. The van der Waals surface area contributed by atoms with Crippen molar-refractivity contribution in [2.75, 3.05) is 20.3 Å². The summed E-state index contributed by atoms with van der Waals surface area (Å²) in [6.45, 7) is 5.53. The normalized spacial score (nSPS) is 19.6. The van der Waals surface area contributed by atoms with E-state index in [2.05, 4.69) is 19.9 Å². The lowest BCUT2D eigenvalue weighted by molar-refractivity contribution is -0.284. The van der Waals surface area contributed by atoms with Crippen molar-refractivity contribution in [3.8, 4) is 5.75 Å². The minimum absolute atomic E-state index is 0.00471. The van der Waals surface area contributed by atoms with Crippen LogP contribution in [0.1, 0.15) is 25.0 Å². The number of benzene rings is 2. The Hall–Kier alpha value is -1.84. The van der Waals surface area contributed by atoms with Gasteiger partial charge in [-0.2, -0.15) is 0 Å². The van der Waals surface area contributed by atoms with Gasteiger partial charge < -0.3 is 14.2 Å². The third-order valence-electron chi connectivity index (χ3n) is 3.87. The van der Waals surface area contributed by atoms with Gasteiger partial charge in [-0.1, -0.05) is 38.1 Å². The lowest BCUT2D eigenvalue weighted by Gasteiger charge is -2.43. The van der Waals surface area contributed by atoms with E-state index in [1.807, 2.05) is 48.5 Å². The molecule has 1 radical (unpaired) electrons. The molecule has 0 spiro atoms. The topological polar surface area (TPSA) is 27.7 Å². The van der Waals surface area contributed by atoms with Gasteiger partial charge in [-0.3, -0.25) is 0 Å². The monoisotopic (exact) mass is 297 g/mol. The van der Waals surface area contributed by atoms with Gasteiger partial charge in [0, 0.05) is 16.5 Å². The third kappa shape index (κ3) is 2.74. The summed E-state index contributed by atoms with van der Waals surface area (Å²) in [5, 5.41) is 0. The molecule has 1 heterocycles. The van der Waals surface area contributed by atoms with Crippen LogP contribution in [0.2, 0.25) is 0 Å². The zero-order valence-electron chi connectivity index (χ0n) is 13.3. The fourth-order valence-electron chi connectivity index (χ4n) is 2.56. The van der Waals surface area contributed by atoms with Gasteiger partial charge in [-0.05, 0) is 30.3 Å². The zero-order chi connectivity index (χ0) is 15.6. The molecule has 2 aromatic rings. The first-order valence-electron chi connectivity index (χ1n) is 7.45. The van der Waals surface area contributed by atoms with Crippen LogP contribution in [0.3, 0.4) is 0 Å². The van der Waals surface area contributed by atoms with Gasteiger partial charge in [0.25, 0.3) is 0 Å². The van der Waals surface area contributed by atoms with Gasteiger partial charge in [0.1, 0.15) is 5.75 Å². The molecule has 0 saturated carbocycles. The minimum Gasteiger partial charge on any atom is -0.497 e. The number of methoxy groups -OCH3 is 1. The Balaban J connectivity index is 2.03. The van der Waals surface area contributed by atoms with Crippen molar-refractivity contribution in [1.29, 1.82) is 0 Å². The smallest absolute Gasteiger partial charge is 0.222 e. The second-order valence-electron chi connectivity index (χ2n) is 6.36. The number of ether oxygens (including phenoxy) is 3. The van der Waals surface area contributed by atoms with Crippen molar-refractivity contribution in [2.24, 2.45) is 5.41 Å². The van der Waals surface area contributed by atoms with Crippen molar-refractivity contribution in [3.05, 3.63) is 65.7 Å². The van der Waals surface area contributed by atoms with E-state index in [-0.39, 0.29) is 5.41 Å². The van der Waals surface area contributed by atoms with Crippen molar-refractivity contribution in [1.82, 2.24) is 0 Å². The first kappa shape index (κ1) is 15.1. The standard InChI is InChI=1S/C19H21O3/c1-18(2)13-21-19(22-14-18,15-7-5-4-6-8-15)16-9-11-17(20-3)12-10-16/h4-7,9-12H,13-14H2,1-3H3. The van der Waals surface area contributed by atoms with Crippen molar-refractivity contribution in [3.63, 3.8) is 0 Å². The highest BCUT2D eigenvalue weighted by molar-refractivity contribution is 5.37. The second-order valence-corrected chi connectivity index (χ2v) is 6.36. The van der Waals surface area contributed by atoms with E-state index in [4.69, 9.17) is 14.2 Å². The van der Waals surface area contributed by atoms with E-state index in [1.54, 1.807) is 7.11 Å². The first-order chi connectivity index (χ1) is 10.6. The van der Waals surface area contributed by atoms with Gasteiger partial charge in [0.05, 0.1) is 20.3 Å². The molecule has 115 valence electrons. The van der Waals surface area contributed by atoms with E-state index < -0.39 is 5.79 Å². The van der Waals surface area contributed by atoms with E-state index >= 15 is 0 Å². The molecule has 3 heteroatoms. The molecule has 22 heavy (non-hydrogen) atoms. The van der Waals surface area contributed by atoms with Gasteiger partial charge in [-0.25, -0.2) is 0 Å². The van der Waals surface area contributed by atoms with Crippen LogP contribution in [0.4, 0.5) is 0 Å². The van der Waals surface area contributed by atoms with Crippen LogP contribution in [0.15, 0.2) is 48.5 Å².